The van der Waals surface area contributed by atoms with E-state index in [2.05, 4.69) is 24.0 Å². The molecule has 1 atom stereocenters. The molecule has 0 aliphatic carbocycles. The van der Waals surface area contributed by atoms with Crippen molar-refractivity contribution in [3.8, 4) is 6.07 Å². The summed E-state index contributed by atoms with van der Waals surface area (Å²) in [5.41, 5.74) is 0.570. The summed E-state index contributed by atoms with van der Waals surface area (Å²) in [4.78, 5) is 0. The lowest BCUT2D eigenvalue weighted by Gasteiger charge is -2.05. The van der Waals surface area contributed by atoms with E-state index in [1.54, 1.807) is 17.8 Å². The van der Waals surface area contributed by atoms with Gasteiger partial charge in [0, 0.05) is 5.25 Å². The van der Waals surface area contributed by atoms with Gasteiger partial charge in [-0.1, -0.05) is 13.8 Å². The van der Waals surface area contributed by atoms with Crippen molar-refractivity contribution in [2.24, 2.45) is 0 Å². The van der Waals surface area contributed by atoms with E-state index in [1.807, 2.05) is 6.07 Å². The van der Waals surface area contributed by atoms with Crippen LogP contribution >= 0.6 is 11.8 Å². The lowest BCUT2D eigenvalue weighted by molar-refractivity contribution is 0.880. The van der Waals surface area contributed by atoms with E-state index in [4.69, 9.17) is 5.26 Å². The number of thioether (sulfide) groups is 1. The van der Waals surface area contributed by atoms with Gasteiger partial charge in [0.2, 0.25) is 0 Å². The van der Waals surface area contributed by atoms with Crippen LogP contribution in [0.15, 0.2) is 17.3 Å². The number of aromatic nitrogens is 2. The van der Waals surface area contributed by atoms with E-state index in [9.17, 15) is 0 Å². The highest BCUT2D eigenvalue weighted by atomic mass is 32.2. The molecular formula is C9H11N3S. The molecule has 4 heteroatoms. The van der Waals surface area contributed by atoms with Gasteiger partial charge in [0.25, 0.3) is 0 Å². The van der Waals surface area contributed by atoms with E-state index in [-0.39, 0.29) is 0 Å². The van der Waals surface area contributed by atoms with E-state index in [1.165, 1.54) is 6.20 Å². The van der Waals surface area contributed by atoms with Crippen molar-refractivity contribution >= 4 is 11.8 Å². The van der Waals surface area contributed by atoms with Crippen LogP contribution in [-0.2, 0) is 0 Å². The normalized spacial score (nSPS) is 12.1. The van der Waals surface area contributed by atoms with Crippen molar-refractivity contribution in [2.75, 3.05) is 0 Å². The fraction of sp³-hybridized carbons (Fsp3) is 0.444. The van der Waals surface area contributed by atoms with Crippen LogP contribution < -0.4 is 0 Å². The Hall–Kier alpha value is -1.08. The van der Waals surface area contributed by atoms with Gasteiger partial charge in [0.1, 0.15) is 11.1 Å². The Morgan fingerprint density at radius 2 is 2.46 bits per heavy atom. The van der Waals surface area contributed by atoms with Crippen molar-refractivity contribution in [1.82, 2.24) is 10.2 Å². The summed E-state index contributed by atoms with van der Waals surface area (Å²) >= 11 is 1.65. The minimum Gasteiger partial charge on any atom is -0.192 e. The topological polar surface area (TPSA) is 49.6 Å². The SMILES string of the molecule is CCC(C)Sc1cc(C#N)cnn1. The molecule has 1 unspecified atom stereocenters. The molecule has 0 amide bonds. The van der Waals surface area contributed by atoms with Crippen molar-refractivity contribution in [2.45, 2.75) is 30.5 Å². The number of hydrogen-bond donors (Lipinski definition) is 0. The van der Waals surface area contributed by atoms with Gasteiger partial charge < -0.3 is 0 Å². The third-order valence-corrected chi connectivity index (χ3v) is 2.83. The molecule has 0 saturated heterocycles. The van der Waals surface area contributed by atoms with Crippen molar-refractivity contribution in [3.63, 3.8) is 0 Å². The van der Waals surface area contributed by atoms with Gasteiger partial charge in [-0.3, -0.25) is 0 Å². The predicted octanol–water partition coefficient (Wildman–Crippen LogP) is 2.24. The van der Waals surface area contributed by atoms with Crippen LogP contribution in [0.25, 0.3) is 0 Å². The molecule has 0 radical (unpaired) electrons. The first kappa shape index (κ1) is 10.0. The minimum atomic E-state index is 0.517. The van der Waals surface area contributed by atoms with Gasteiger partial charge in [-0.2, -0.15) is 10.4 Å². The lowest BCUT2D eigenvalue weighted by atomic mass is 10.3. The van der Waals surface area contributed by atoms with E-state index in [0.29, 0.717) is 10.8 Å². The first-order chi connectivity index (χ1) is 6.26. The standard InChI is InChI=1S/C9H11N3S/c1-3-7(2)13-9-4-8(5-10)6-11-12-9/h4,6-7H,3H2,1-2H3. The Labute approximate surface area is 82.2 Å². The summed E-state index contributed by atoms with van der Waals surface area (Å²) in [7, 11) is 0. The van der Waals surface area contributed by atoms with Gasteiger partial charge in [-0.05, 0) is 12.5 Å². The molecule has 0 spiro atoms. The maximum absolute atomic E-state index is 8.63. The van der Waals surface area contributed by atoms with Gasteiger partial charge in [-0.15, -0.1) is 16.9 Å². The Kier molecular flexibility index (Phi) is 3.71. The van der Waals surface area contributed by atoms with E-state index in [0.717, 1.165) is 11.4 Å². The molecule has 68 valence electrons. The monoisotopic (exact) mass is 193 g/mol. The summed E-state index contributed by atoms with van der Waals surface area (Å²) in [6.07, 6.45) is 2.56. The lowest BCUT2D eigenvalue weighted by Crippen LogP contribution is -1.95. The van der Waals surface area contributed by atoms with E-state index < -0.39 is 0 Å². The number of nitrogens with zero attached hydrogens (tertiary/aromatic N) is 3. The quantitative estimate of drug-likeness (QED) is 0.691. The van der Waals surface area contributed by atoms with Crippen LogP contribution in [0, 0.1) is 11.3 Å². The van der Waals surface area contributed by atoms with Crippen LogP contribution in [0.5, 0.6) is 0 Å². The molecule has 1 heterocycles. The fourth-order valence-electron chi connectivity index (χ4n) is 0.755. The maximum atomic E-state index is 8.63. The second kappa shape index (κ2) is 4.83. The average molecular weight is 193 g/mol. The molecule has 1 aromatic heterocycles. The predicted molar refractivity (Wildman–Crippen MR) is 52.4 cm³/mol. The summed E-state index contributed by atoms with van der Waals surface area (Å²) in [6, 6.07) is 3.81. The number of hydrogen-bond acceptors (Lipinski definition) is 4. The Balaban J connectivity index is 2.73. The maximum Gasteiger partial charge on any atom is 0.120 e. The molecule has 13 heavy (non-hydrogen) atoms. The summed E-state index contributed by atoms with van der Waals surface area (Å²) < 4.78 is 0. The average Bonchev–Trinajstić information content (AvgIpc) is 2.18. The second-order valence-corrected chi connectivity index (χ2v) is 4.19. The first-order valence-electron chi connectivity index (χ1n) is 4.15. The van der Waals surface area contributed by atoms with Crippen molar-refractivity contribution < 1.29 is 0 Å². The Morgan fingerprint density at radius 3 is 3.08 bits per heavy atom. The highest BCUT2D eigenvalue weighted by Crippen LogP contribution is 2.22. The molecule has 0 bridgehead atoms. The molecule has 1 aromatic rings. The number of nitriles is 1. The molecule has 1 rings (SSSR count). The summed E-state index contributed by atoms with van der Waals surface area (Å²) in [5, 5.41) is 17.7. The minimum absolute atomic E-state index is 0.517. The van der Waals surface area contributed by atoms with Gasteiger partial charge >= 0.3 is 0 Å². The first-order valence-corrected chi connectivity index (χ1v) is 5.03. The van der Waals surface area contributed by atoms with Gasteiger partial charge in [0.05, 0.1) is 11.8 Å². The van der Waals surface area contributed by atoms with Crippen LogP contribution in [0.4, 0.5) is 0 Å². The Morgan fingerprint density at radius 1 is 1.69 bits per heavy atom. The van der Waals surface area contributed by atoms with Crippen LogP contribution in [0.3, 0.4) is 0 Å². The second-order valence-electron chi connectivity index (χ2n) is 2.73. The molecule has 0 fully saturated rings. The van der Waals surface area contributed by atoms with Gasteiger partial charge in [0.15, 0.2) is 0 Å². The highest BCUT2D eigenvalue weighted by molar-refractivity contribution is 7.99. The fourth-order valence-corrected chi connectivity index (χ4v) is 1.62. The Bertz CT molecular complexity index is 319. The molecule has 0 N–H and O–H groups in total. The molecule has 0 saturated carbocycles. The summed E-state index contributed by atoms with van der Waals surface area (Å²) in [5.74, 6) is 0. The zero-order chi connectivity index (χ0) is 9.68. The molecule has 0 aromatic carbocycles. The molecular weight excluding hydrogens is 182 g/mol. The van der Waals surface area contributed by atoms with E-state index >= 15 is 0 Å². The molecule has 3 nitrogen and oxygen atoms in total. The largest absolute Gasteiger partial charge is 0.192 e. The van der Waals surface area contributed by atoms with Crippen LogP contribution in [0.2, 0.25) is 0 Å². The zero-order valence-corrected chi connectivity index (χ0v) is 8.51. The number of rotatable bonds is 3. The zero-order valence-electron chi connectivity index (χ0n) is 7.69. The molecule has 0 aliphatic heterocycles. The smallest absolute Gasteiger partial charge is 0.120 e. The highest BCUT2D eigenvalue weighted by Gasteiger charge is 2.03. The van der Waals surface area contributed by atoms with Crippen LogP contribution in [0.1, 0.15) is 25.8 Å². The van der Waals surface area contributed by atoms with Crippen molar-refractivity contribution in [1.29, 1.82) is 5.26 Å². The van der Waals surface area contributed by atoms with Crippen LogP contribution in [-0.4, -0.2) is 15.4 Å². The van der Waals surface area contributed by atoms with Crippen molar-refractivity contribution in [3.05, 3.63) is 17.8 Å². The summed E-state index contributed by atoms with van der Waals surface area (Å²) in [6.45, 7) is 4.25. The third kappa shape index (κ3) is 3.03. The van der Waals surface area contributed by atoms with Gasteiger partial charge in [-0.25, -0.2) is 0 Å². The molecule has 0 aliphatic rings. The third-order valence-electron chi connectivity index (χ3n) is 1.66.